The molecule has 2 aromatic rings. The Bertz CT molecular complexity index is 714. The lowest BCUT2D eigenvalue weighted by atomic mass is 10.1. The first-order valence-electron chi connectivity index (χ1n) is 10.4. The molecule has 1 atom stereocenters. The van der Waals surface area contributed by atoms with Gasteiger partial charge in [0, 0.05) is 24.5 Å². The van der Waals surface area contributed by atoms with Gasteiger partial charge in [-0.25, -0.2) is 4.98 Å². The van der Waals surface area contributed by atoms with Crippen molar-refractivity contribution in [3.8, 4) is 0 Å². The smallest absolute Gasteiger partial charge is 0.253 e. The van der Waals surface area contributed by atoms with E-state index >= 15 is 0 Å². The third-order valence-electron chi connectivity index (χ3n) is 5.19. The Kier molecular flexibility index (Phi) is 8.37. The number of nitrogens with one attached hydrogen (secondary N) is 1. The number of benzene rings is 1. The predicted octanol–water partition coefficient (Wildman–Crippen LogP) is 4.41. The van der Waals surface area contributed by atoms with E-state index in [0.717, 1.165) is 30.2 Å². The highest BCUT2D eigenvalue weighted by Crippen LogP contribution is 2.17. The summed E-state index contributed by atoms with van der Waals surface area (Å²) in [6.07, 6.45) is 7.62. The molecule has 4 nitrogen and oxygen atoms in total. The molecule has 150 valence electrons. The summed E-state index contributed by atoms with van der Waals surface area (Å²) >= 11 is 1.77. The fraction of sp³-hybridized carbons (Fsp3) is 0.478. The molecular formula is C23H31N3OS. The van der Waals surface area contributed by atoms with Gasteiger partial charge in [0.05, 0.1) is 10.6 Å². The number of rotatable bonds is 9. The molecule has 1 aliphatic rings. The first-order chi connectivity index (χ1) is 13.7. The number of carbonyl (C=O) groups is 1. The Hall–Kier alpha value is -1.85. The number of nitrogens with zero attached hydrogens (tertiary/aromatic N) is 2. The summed E-state index contributed by atoms with van der Waals surface area (Å²) in [6, 6.07) is 14.4. The van der Waals surface area contributed by atoms with Gasteiger partial charge in [0.2, 0.25) is 0 Å². The quantitative estimate of drug-likeness (QED) is 0.637. The van der Waals surface area contributed by atoms with E-state index in [1.54, 1.807) is 18.0 Å². The zero-order valence-electron chi connectivity index (χ0n) is 16.8. The summed E-state index contributed by atoms with van der Waals surface area (Å²) in [7, 11) is 0. The van der Waals surface area contributed by atoms with Crippen molar-refractivity contribution < 1.29 is 4.79 Å². The van der Waals surface area contributed by atoms with Crippen LogP contribution in [0.25, 0.3) is 0 Å². The van der Waals surface area contributed by atoms with Crippen LogP contribution < -0.4 is 5.32 Å². The third-order valence-corrected chi connectivity index (χ3v) is 6.11. The van der Waals surface area contributed by atoms with Crippen LogP contribution in [-0.4, -0.2) is 47.2 Å². The molecule has 0 unspecified atom stereocenters. The molecule has 1 aromatic carbocycles. The van der Waals surface area contributed by atoms with Gasteiger partial charge in [-0.05, 0) is 63.4 Å². The number of hydrogen-bond acceptors (Lipinski definition) is 4. The lowest BCUT2D eigenvalue weighted by molar-refractivity contribution is 0.0938. The molecule has 0 radical (unpaired) electrons. The summed E-state index contributed by atoms with van der Waals surface area (Å²) in [4.78, 5) is 19.4. The lowest BCUT2D eigenvalue weighted by Gasteiger charge is -2.25. The Labute approximate surface area is 173 Å². The SMILES string of the molecule is C[C@@H](CCc1ccccc1)NC(=O)c1ccc(SCCN2CCCCC2)nc1. The van der Waals surface area contributed by atoms with Crippen molar-refractivity contribution in [3.63, 3.8) is 0 Å². The Morgan fingerprint density at radius 1 is 1.14 bits per heavy atom. The van der Waals surface area contributed by atoms with Crippen molar-refractivity contribution in [1.29, 1.82) is 0 Å². The second-order valence-electron chi connectivity index (χ2n) is 7.53. The van der Waals surface area contributed by atoms with Gasteiger partial charge in [0.25, 0.3) is 5.91 Å². The molecule has 5 heteroatoms. The Morgan fingerprint density at radius 2 is 1.93 bits per heavy atom. The summed E-state index contributed by atoms with van der Waals surface area (Å²) in [6.45, 7) is 5.64. The van der Waals surface area contributed by atoms with Gasteiger partial charge in [0.1, 0.15) is 0 Å². The van der Waals surface area contributed by atoms with E-state index in [4.69, 9.17) is 0 Å². The highest BCUT2D eigenvalue weighted by Gasteiger charge is 2.12. The van der Waals surface area contributed by atoms with Gasteiger partial charge in [-0.2, -0.15) is 0 Å². The minimum absolute atomic E-state index is 0.0436. The number of likely N-dealkylation sites (tertiary alicyclic amines) is 1. The van der Waals surface area contributed by atoms with Crippen molar-refractivity contribution in [2.75, 3.05) is 25.4 Å². The molecule has 1 fully saturated rings. The van der Waals surface area contributed by atoms with E-state index in [2.05, 4.69) is 46.4 Å². The van der Waals surface area contributed by atoms with Crippen LogP contribution >= 0.6 is 11.8 Å². The van der Waals surface area contributed by atoms with Crippen molar-refractivity contribution in [3.05, 3.63) is 59.8 Å². The molecule has 1 amide bonds. The molecule has 28 heavy (non-hydrogen) atoms. The third kappa shape index (κ3) is 6.95. The van der Waals surface area contributed by atoms with E-state index < -0.39 is 0 Å². The van der Waals surface area contributed by atoms with Crippen LogP contribution in [0.15, 0.2) is 53.7 Å². The lowest BCUT2D eigenvalue weighted by Crippen LogP contribution is -2.33. The molecule has 2 heterocycles. The average molecular weight is 398 g/mol. The average Bonchev–Trinajstić information content (AvgIpc) is 2.74. The largest absolute Gasteiger partial charge is 0.350 e. The van der Waals surface area contributed by atoms with E-state index in [9.17, 15) is 4.79 Å². The van der Waals surface area contributed by atoms with Crippen LogP contribution in [0.5, 0.6) is 0 Å². The maximum absolute atomic E-state index is 12.4. The molecule has 0 spiro atoms. The molecule has 0 aliphatic carbocycles. The first-order valence-corrected chi connectivity index (χ1v) is 11.4. The normalized spacial score (nSPS) is 15.9. The van der Waals surface area contributed by atoms with Crippen LogP contribution in [-0.2, 0) is 6.42 Å². The number of hydrogen-bond donors (Lipinski definition) is 1. The minimum Gasteiger partial charge on any atom is -0.350 e. The standard InChI is InChI=1S/C23H31N3OS/c1-19(10-11-20-8-4-2-5-9-20)25-23(27)21-12-13-22(24-18-21)28-17-16-26-14-6-3-7-15-26/h2,4-5,8-9,12-13,18-19H,3,6-7,10-11,14-17H2,1H3,(H,25,27)/t19-/m0/s1. The maximum Gasteiger partial charge on any atom is 0.253 e. The van der Waals surface area contributed by atoms with Crippen LogP contribution in [0.4, 0.5) is 0 Å². The number of amides is 1. The van der Waals surface area contributed by atoms with Crippen molar-refractivity contribution in [2.45, 2.75) is 50.1 Å². The van der Waals surface area contributed by atoms with Gasteiger partial charge in [-0.15, -0.1) is 11.8 Å². The maximum atomic E-state index is 12.4. The first kappa shape index (κ1) is 20.9. The zero-order valence-corrected chi connectivity index (χ0v) is 17.6. The number of carbonyl (C=O) groups excluding carboxylic acids is 1. The van der Waals surface area contributed by atoms with Gasteiger partial charge in [-0.1, -0.05) is 36.8 Å². The molecule has 1 N–H and O–H groups in total. The molecule has 1 aliphatic heterocycles. The number of pyridine rings is 1. The highest BCUT2D eigenvalue weighted by molar-refractivity contribution is 7.99. The van der Waals surface area contributed by atoms with Gasteiger partial charge >= 0.3 is 0 Å². The fourth-order valence-electron chi connectivity index (χ4n) is 3.47. The van der Waals surface area contributed by atoms with Crippen molar-refractivity contribution in [1.82, 2.24) is 15.2 Å². The van der Waals surface area contributed by atoms with Gasteiger partial charge in [0.15, 0.2) is 0 Å². The van der Waals surface area contributed by atoms with Crippen molar-refractivity contribution in [2.24, 2.45) is 0 Å². The number of thioether (sulfide) groups is 1. The van der Waals surface area contributed by atoms with Crippen LogP contribution in [0.1, 0.15) is 48.5 Å². The molecule has 3 rings (SSSR count). The Balaban J connectivity index is 1.38. The van der Waals surface area contributed by atoms with Crippen LogP contribution in [0.3, 0.4) is 0 Å². The molecule has 0 saturated carbocycles. The monoisotopic (exact) mass is 397 g/mol. The summed E-state index contributed by atoms with van der Waals surface area (Å²) in [5.74, 6) is 1.01. The molecule has 1 aromatic heterocycles. The van der Waals surface area contributed by atoms with E-state index in [1.807, 2.05) is 18.2 Å². The van der Waals surface area contributed by atoms with Crippen molar-refractivity contribution >= 4 is 17.7 Å². The summed E-state index contributed by atoms with van der Waals surface area (Å²) in [5.41, 5.74) is 1.93. The second kappa shape index (κ2) is 11.2. The summed E-state index contributed by atoms with van der Waals surface area (Å²) in [5, 5.41) is 4.07. The number of piperidine rings is 1. The highest BCUT2D eigenvalue weighted by atomic mass is 32.2. The Morgan fingerprint density at radius 3 is 2.64 bits per heavy atom. The molecular weight excluding hydrogens is 366 g/mol. The topological polar surface area (TPSA) is 45.2 Å². The second-order valence-corrected chi connectivity index (χ2v) is 8.65. The molecule has 0 bridgehead atoms. The predicted molar refractivity (Wildman–Crippen MR) is 117 cm³/mol. The van der Waals surface area contributed by atoms with E-state index in [0.29, 0.717) is 5.56 Å². The zero-order chi connectivity index (χ0) is 19.6. The fourth-order valence-corrected chi connectivity index (χ4v) is 4.32. The van der Waals surface area contributed by atoms with Crippen LogP contribution in [0, 0.1) is 0 Å². The van der Waals surface area contributed by atoms with Gasteiger partial charge < -0.3 is 10.2 Å². The van der Waals surface area contributed by atoms with Gasteiger partial charge in [-0.3, -0.25) is 4.79 Å². The van der Waals surface area contributed by atoms with E-state index in [1.165, 1.54) is 37.9 Å². The van der Waals surface area contributed by atoms with E-state index in [-0.39, 0.29) is 11.9 Å². The van der Waals surface area contributed by atoms with Crippen LogP contribution in [0.2, 0.25) is 0 Å². The number of aryl methyl sites for hydroxylation is 1. The minimum atomic E-state index is -0.0436. The number of aromatic nitrogens is 1. The summed E-state index contributed by atoms with van der Waals surface area (Å²) < 4.78 is 0. The molecule has 1 saturated heterocycles.